The standard InChI is InChI=1S/C16H24N2O3.ClH/c1-20-14-8-7-12(11-15(14)21-2)13-5-4-10-18(13)16(19)6-3-9-17;/h7-8,11,13H,3-6,9-10,17H2,1-2H3;1H. The van der Waals surface area contributed by atoms with Gasteiger partial charge in [-0.25, -0.2) is 0 Å². The number of amides is 1. The third-order valence-electron chi connectivity index (χ3n) is 3.96. The minimum atomic E-state index is 0. The Balaban J connectivity index is 0.00000242. The van der Waals surface area contributed by atoms with Gasteiger partial charge in [-0.2, -0.15) is 0 Å². The van der Waals surface area contributed by atoms with Gasteiger partial charge in [0.1, 0.15) is 0 Å². The molecule has 0 aromatic heterocycles. The van der Waals surface area contributed by atoms with Crippen LogP contribution in [-0.4, -0.2) is 38.1 Å². The second-order valence-corrected chi connectivity index (χ2v) is 5.25. The number of halogens is 1. The van der Waals surface area contributed by atoms with E-state index < -0.39 is 0 Å². The number of carbonyl (C=O) groups is 1. The molecule has 5 nitrogen and oxygen atoms in total. The van der Waals surface area contributed by atoms with E-state index in [9.17, 15) is 4.79 Å². The lowest BCUT2D eigenvalue weighted by Crippen LogP contribution is -2.30. The van der Waals surface area contributed by atoms with Crippen molar-refractivity contribution in [3.05, 3.63) is 23.8 Å². The smallest absolute Gasteiger partial charge is 0.223 e. The Morgan fingerprint density at radius 1 is 1.32 bits per heavy atom. The number of nitrogens with zero attached hydrogens (tertiary/aromatic N) is 1. The van der Waals surface area contributed by atoms with Crippen molar-refractivity contribution in [1.29, 1.82) is 0 Å². The minimum Gasteiger partial charge on any atom is -0.493 e. The number of likely N-dealkylation sites (tertiary alicyclic amines) is 1. The molecule has 1 fully saturated rings. The highest BCUT2D eigenvalue weighted by molar-refractivity contribution is 5.85. The molecule has 1 heterocycles. The van der Waals surface area contributed by atoms with E-state index in [1.54, 1.807) is 14.2 Å². The van der Waals surface area contributed by atoms with Crippen LogP contribution in [0.15, 0.2) is 18.2 Å². The van der Waals surface area contributed by atoms with E-state index in [0.29, 0.717) is 24.5 Å². The number of methoxy groups -OCH3 is 2. The fraction of sp³-hybridized carbons (Fsp3) is 0.562. The molecule has 124 valence electrons. The fourth-order valence-corrected chi connectivity index (χ4v) is 2.87. The topological polar surface area (TPSA) is 64.8 Å². The Morgan fingerprint density at radius 2 is 2.05 bits per heavy atom. The maximum absolute atomic E-state index is 12.3. The number of benzene rings is 1. The predicted octanol–water partition coefficient (Wildman–Crippen LogP) is 2.53. The third kappa shape index (κ3) is 4.05. The Labute approximate surface area is 138 Å². The Kier molecular flexibility index (Phi) is 7.48. The first-order valence-corrected chi connectivity index (χ1v) is 7.42. The summed E-state index contributed by atoms with van der Waals surface area (Å²) < 4.78 is 10.6. The van der Waals surface area contributed by atoms with Gasteiger partial charge in [0.15, 0.2) is 11.5 Å². The van der Waals surface area contributed by atoms with Crippen LogP contribution in [0.4, 0.5) is 0 Å². The first-order chi connectivity index (χ1) is 10.2. The van der Waals surface area contributed by atoms with E-state index in [2.05, 4.69) is 0 Å². The maximum atomic E-state index is 12.3. The fourth-order valence-electron chi connectivity index (χ4n) is 2.87. The average molecular weight is 329 g/mol. The molecule has 1 amide bonds. The van der Waals surface area contributed by atoms with Gasteiger partial charge in [0.25, 0.3) is 0 Å². The number of carbonyl (C=O) groups excluding carboxylic acids is 1. The van der Waals surface area contributed by atoms with Crippen molar-refractivity contribution in [2.45, 2.75) is 31.7 Å². The molecule has 1 atom stereocenters. The van der Waals surface area contributed by atoms with Crippen molar-refractivity contribution in [2.75, 3.05) is 27.3 Å². The number of hydrogen-bond donors (Lipinski definition) is 1. The van der Waals surface area contributed by atoms with Crippen LogP contribution in [0.25, 0.3) is 0 Å². The number of rotatable bonds is 6. The molecule has 1 saturated heterocycles. The quantitative estimate of drug-likeness (QED) is 0.871. The molecule has 0 radical (unpaired) electrons. The van der Waals surface area contributed by atoms with Gasteiger partial charge in [-0.05, 0) is 43.5 Å². The highest BCUT2D eigenvalue weighted by Crippen LogP contribution is 2.37. The lowest BCUT2D eigenvalue weighted by Gasteiger charge is -2.25. The zero-order chi connectivity index (χ0) is 15.2. The van der Waals surface area contributed by atoms with E-state index in [1.807, 2.05) is 23.1 Å². The van der Waals surface area contributed by atoms with E-state index in [4.69, 9.17) is 15.2 Å². The maximum Gasteiger partial charge on any atom is 0.223 e. The third-order valence-corrected chi connectivity index (χ3v) is 3.96. The Hall–Kier alpha value is -1.46. The summed E-state index contributed by atoms with van der Waals surface area (Å²) in [6, 6.07) is 6.02. The van der Waals surface area contributed by atoms with Crippen LogP contribution in [0, 0.1) is 0 Å². The highest BCUT2D eigenvalue weighted by atomic mass is 35.5. The normalized spacial score (nSPS) is 17.0. The molecule has 0 bridgehead atoms. The summed E-state index contributed by atoms with van der Waals surface area (Å²) in [6.45, 7) is 1.38. The van der Waals surface area contributed by atoms with Gasteiger partial charge in [-0.3, -0.25) is 4.79 Å². The van der Waals surface area contributed by atoms with Crippen molar-refractivity contribution >= 4 is 18.3 Å². The molecule has 22 heavy (non-hydrogen) atoms. The van der Waals surface area contributed by atoms with Gasteiger partial charge in [0, 0.05) is 13.0 Å². The first-order valence-electron chi connectivity index (χ1n) is 7.42. The average Bonchev–Trinajstić information content (AvgIpc) is 3.01. The van der Waals surface area contributed by atoms with Crippen LogP contribution in [0.5, 0.6) is 11.5 Å². The summed E-state index contributed by atoms with van der Waals surface area (Å²) in [7, 11) is 3.25. The van der Waals surface area contributed by atoms with Gasteiger partial charge >= 0.3 is 0 Å². The molecule has 2 rings (SSSR count). The van der Waals surface area contributed by atoms with Crippen LogP contribution >= 0.6 is 12.4 Å². The number of hydrogen-bond acceptors (Lipinski definition) is 4. The molecule has 1 aliphatic rings. The second-order valence-electron chi connectivity index (χ2n) is 5.25. The Morgan fingerprint density at radius 3 is 2.68 bits per heavy atom. The van der Waals surface area contributed by atoms with Crippen molar-refractivity contribution in [3.63, 3.8) is 0 Å². The van der Waals surface area contributed by atoms with Crippen molar-refractivity contribution < 1.29 is 14.3 Å². The lowest BCUT2D eigenvalue weighted by atomic mass is 10.0. The molecular weight excluding hydrogens is 304 g/mol. The molecule has 1 aromatic carbocycles. The first kappa shape index (κ1) is 18.6. The van der Waals surface area contributed by atoms with E-state index in [1.165, 1.54) is 0 Å². The molecule has 0 saturated carbocycles. The second kappa shape index (κ2) is 8.86. The van der Waals surface area contributed by atoms with Crippen LogP contribution in [0.1, 0.15) is 37.3 Å². The summed E-state index contributed by atoms with van der Waals surface area (Å²) in [5.74, 6) is 1.61. The van der Waals surface area contributed by atoms with Crippen molar-refractivity contribution in [3.8, 4) is 11.5 Å². The minimum absolute atomic E-state index is 0. The van der Waals surface area contributed by atoms with Gasteiger partial charge < -0.3 is 20.1 Å². The number of nitrogens with two attached hydrogens (primary N) is 1. The predicted molar refractivity (Wildman–Crippen MR) is 88.8 cm³/mol. The van der Waals surface area contributed by atoms with E-state index in [0.717, 1.165) is 31.4 Å². The molecule has 0 aliphatic carbocycles. The lowest BCUT2D eigenvalue weighted by molar-refractivity contribution is -0.132. The zero-order valence-electron chi connectivity index (χ0n) is 13.2. The molecule has 1 aromatic rings. The molecule has 2 N–H and O–H groups in total. The summed E-state index contributed by atoms with van der Waals surface area (Å²) >= 11 is 0. The summed E-state index contributed by atoms with van der Waals surface area (Å²) in [5.41, 5.74) is 6.59. The molecule has 0 spiro atoms. The largest absolute Gasteiger partial charge is 0.493 e. The van der Waals surface area contributed by atoms with E-state index in [-0.39, 0.29) is 24.4 Å². The zero-order valence-corrected chi connectivity index (χ0v) is 14.0. The van der Waals surface area contributed by atoms with Gasteiger partial charge in [0.05, 0.1) is 20.3 Å². The van der Waals surface area contributed by atoms with Crippen LogP contribution in [0.3, 0.4) is 0 Å². The summed E-state index contributed by atoms with van der Waals surface area (Å²) in [5, 5.41) is 0. The van der Waals surface area contributed by atoms with Crippen molar-refractivity contribution in [1.82, 2.24) is 4.90 Å². The molecule has 1 aliphatic heterocycles. The monoisotopic (exact) mass is 328 g/mol. The molecular formula is C16H25ClN2O3. The van der Waals surface area contributed by atoms with Crippen LogP contribution in [0.2, 0.25) is 0 Å². The summed E-state index contributed by atoms with van der Waals surface area (Å²) in [6.07, 6.45) is 3.30. The van der Waals surface area contributed by atoms with Gasteiger partial charge in [-0.15, -0.1) is 12.4 Å². The van der Waals surface area contributed by atoms with Crippen molar-refractivity contribution in [2.24, 2.45) is 5.73 Å². The summed E-state index contributed by atoms with van der Waals surface area (Å²) in [4.78, 5) is 14.2. The SMILES string of the molecule is COc1ccc(C2CCCN2C(=O)CCCN)cc1OC.Cl. The highest BCUT2D eigenvalue weighted by Gasteiger charge is 2.29. The van der Waals surface area contributed by atoms with Crippen LogP contribution in [-0.2, 0) is 4.79 Å². The number of ether oxygens (including phenoxy) is 2. The van der Waals surface area contributed by atoms with Gasteiger partial charge in [-0.1, -0.05) is 6.07 Å². The Bertz CT molecular complexity index is 496. The van der Waals surface area contributed by atoms with Gasteiger partial charge in [0.2, 0.25) is 5.91 Å². The van der Waals surface area contributed by atoms with Crippen LogP contribution < -0.4 is 15.2 Å². The van der Waals surface area contributed by atoms with E-state index >= 15 is 0 Å². The molecule has 1 unspecified atom stereocenters. The molecule has 6 heteroatoms.